The lowest BCUT2D eigenvalue weighted by Gasteiger charge is -2.25. The molecule has 0 fully saturated rings. The Morgan fingerprint density at radius 2 is 2.00 bits per heavy atom. The van der Waals surface area contributed by atoms with Crippen molar-refractivity contribution < 1.29 is 18.9 Å². The third-order valence-electron chi connectivity index (χ3n) is 4.36. The van der Waals surface area contributed by atoms with Crippen molar-refractivity contribution in [3.8, 4) is 6.07 Å². The van der Waals surface area contributed by atoms with Crippen molar-refractivity contribution in [2.24, 2.45) is 0 Å². The number of benzene rings is 2. The zero-order chi connectivity index (χ0) is 21.7. The summed E-state index contributed by atoms with van der Waals surface area (Å²) in [4.78, 5) is 34.8. The van der Waals surface area contributed by atoms with Crippen LogP contribution in [-0.4, -0.2) is 22.5 Å². The zero-order valence-electron chi connectivity index (χ0n) is 15.4. The Bertz CT molecular complexity index is 1100. The topological polar surface area (TPSA) is 125 Å². The number of hydrogen-bond donors (Lipinski definition) is 2. The standard InChI is InChI=1S/C20H15FN4O4S/c21-15-6-2-1-5-12(15)13-9-18(26)24-20(14(13)10-22)30-11-19(27)23-16-7-3-4-8-17(16)25(28)29/h1-8,13H,9,11H2,(H,23,27)(H,24,26)/t13-/m0/s1. The smallest absolute Gasteiger partial charge is 0.292 e. The number of amides is 2. The number of nitrogens with one attached hydrogen (secondary N) is 2. The highest BCUT2D eigenvalue weighted by molar-refractivity contribution is 8.03. The average molecular weight is 426 g/mol. The van der Waals surface area contributed by atoms with E-state index in [1.807, 2.05) is 6.07 Å². The van der Waals surface area contributed by atoms with Crippen LogP contribution < -0.4 is 10.6 Å². The van der Waals surface area contributed by atoms with E-state index in [0.29, 0.717) is 0 Å². The lowest BCUT2D eigenvalue weighted by molar-refractivity contribution is -0.383. The van der Waals surface area contributed by atoms with Crippen LogP contribution in [0.5, 0.6) is 0 Å². The maximum Gasteiger partial charge on any atom is 0.292 e. The highest BCUT2D eigenvalue weighted by Gasteiger charge is 2.31. The quantitative estimate of drug-likeness (QED) is 0.538. The van der Waals surface area contributed by atoms with Crippen molar-refractivity contribution in [2.75, 3.05) is 11.1 Å². The van der Waals surface area contributed by atoms with Gasteiger partial charge in [0.15, 0.2) is 0 Å². The Balaban J connectivity index is 1.78. The van der Waals surface area contributed by atoms with E-state index in [4.69, 9.17) is 0 Å². The molecule has 30 heavy (non-hydrogen) atoms. The lowest BCUT2D eigenvalue weighted by atomic mass is 9.87. The van der Waals surface area contributed by atoms with Gasteiger partial charge in [0.1, 0.15) is 11.5 Å². The Hall–Kier alpha value is -3.71. The Kier molecular flexibility index (Phi) is 6.44. The molecule has 1 aliphatic rings. The first kappa shape index (κ1) is 21.0. The van der Waals surface area contributed by atoms with Crippen molar-refractivity contribution >= 4 is 35.0 Å². The maximum absolute atomic E-state index is 14.2. The minimum absolute atomic E-state index is 0.0412. The molecule has 1 aliphatic heterocycles. The van der Waals surface area contributed by atoms with E-state index in [2.05, 4.69) is 10.6 Å². The maximum atomic E-state index is 14.2. The van der Waals surface area contributed by atoms with Crippen LogP contribution in [0.1, 0.15) is 17.9 Å². The van der Waals surface area contributed by atoms with Gasteiger partial charge in [-0.05, 0) is 17.7 Å². The van der Waals surface area contributed by atoms with Gasteiger partial charge in [-0.25, -0.2) is 4.39 Å². The fourth-order valence-electron chi connectivity index (χ4n) is 3.02. The molecule has 0 radical (unpaired) electrons. The van der Waals surface area contributed by atoms with E-state index in [0.717, 1.165) is 11.8 Å². The van der Waals surface area contributed by atoms with Crippen molar-refractivity contribution in [3.05, 3.63) is 80.6 Å². The van der Waals surface area contributed by atoms with Gasteiger partial charge in [-0.2, -0.15) is 5.26 Å². The van der Waals surface area contributed by atoms with Crippen LogP contribution in [0.15, 0.2) is 59.1 Å². The average Bonchev–Trinajstić information content (AvgIpc) is 2.72. The summed E-state index contributed by atoms with van der Waals surface area (Å²) in [6.45, 7) is 0. The first-order chi connectivity index (χ1) is 14.4. The molecule has 0 spiro atoms. The second-order valence-corrected chi connectivity index (χ2v) is 7.28. The van der Waals surface area contributed by atoms with Gasteiger partial charge in [-0.3, -0.25) is 19.7 Å². The van der Waals surface area contributed by atoms with E-state index >= 15 is 0 Å². The number of nitro benzene ring substituents is 1. The second-order valence-electron chi connectivity index (χ2n) is 6.29. The normalized spacial score (nSPS) is 15.9. The van der Waals surface area contributed by atoms with E-state index in [-0.39, 0.29) is 39.7 Å². The van der Waals surface area contributed by atoms with Crippen LogP contribution in [0.3, 0.4) is 0 Å². The van der Waals surface area contributed by atoms with Gasteiger partial charge in [0.25, 0.3) is 5.69 Å². The molecule has 0 aromatic heterocycles. The molecule has 0 bridgehead atoms. The van der Waals surface area contributed by atoms with Crippen molar-refractivity contribution in [3.63, 3.8) is 0 Å². The van der Waals surface area contributed by atoms with Crippen molar-refractivity contribution in [2.45, 2.75) is 12.3 Å². The number of allylic oxidation sites excluding steroid dienone is 1. The third-order valence-corrected chi connectivity index (χ3v) is 5.38. The van der Waals surface area contributed by atoms with Gasteiger partial charge in [0.05, 0.1) is 27.3 Å². The molecular weight excluding hydrogens is 411 g/mol. The fourth-order valence-corrected chi connectivity index (χ4v) is 3.90. The van der Waals surface area contributed by atoms with Crippen LogP contribution in [0, 0.1) is 27.3 Å². The van der Waals surface area contributed by atoms with Gasteiger partial charge < -0.3 is 10.6 Å². The molecule has 0 saturated heterocycles. The van der Waals surface area contributed by atoms with Crippen LogP contribution in [0.25, 0.3) is 0 Å². The first-order valence-electron chi connectivity index (χ1n) is 8.75. The molecule has 0 aliphatic carbocycles. The minimum Gasteiger partial charge on any atom is -0.320 e. The summed E-state index contributed by atoms with van der Waals surface area (Å²) in [5, 5.41) is 25.8. The number of hydrogen-bond acceptors (Lipinski definition) is 6. The molecule has 1 atom stereocenters. The highest BCUT2D eigenvalue weighted by atomic mass is 32.2. The SMILES string of the molecule is N#CC1=C(SCC(=O)Nc2ccccc2[N+](=O)[O-])NC(=O)C[C@H]1c1ccccc1F. The van der Waals surface area contributed by atoms with Gasteiger partial charge in [0.2, 0.25) is 11.8 Å². The number of para-hydroxylation sites is 2. The van der Waals surface area contributed by atoms with Gasteiger partial charge in [-0.1, -0.05) is 42.1 Å². The number of carbonyl (C=O) groups excluding carboxylic acids is 2. The highest BCUT2D eigenvalue weighted by Crippen LogP contribution is 2.37. The third kappa shape index (κ3) is 4.64. The van der Waals surface area contributed by atoms with Crippen LogP contribution in [-0.2, 0) is 9.59 Å². The van der Waals surface area contributed by atoms with Gasteiger partial charge in [0, 0.05) is 18.4 Å². The molecule has 0 unspecified atom stereocenters. The zero-order valence-corrected chi connectivity index (χ0v) is 16.2. The number of nitrogens with zero attached hydrogens (tertiary/aromatic N) is 2. The van der Waals surface area contributed by atoms with Gasteiger partial charge >= 0.3 is 0 Å². The Morgan fingerprint density at radius 1 is 1.30 bits per heavy atom. The number of rotatable bonds is 6. The summed E-state index contributed by atoms with van der Waals surface area (Å²) in [5.41, 5.74) is 0.174. The monoisotopic (exact) mass is 426 g/mol. The number of anilines is 1. The van der Waals surface area contributed by atoms with Crippen LogP contribution >= 0.6 is 11.8 Å². The molecule has 2 aromatic carbocycles. The van der Waals surface area contributed by atoms with E-state index in [1.54, 1.807) is 12.1 Å². The molecule has 3 rings (SSSR count). The molecule has 2 amide bonds. The first-order valence-corrected chi connectivity index (χ1v) is 9.74. The Morgan fingerprint density at radius 3 is 2.70 bits per heavy atom. The lowest BCUT2D eigenvalue weighted by Crippen LogP contribution is -2.31. The van der Waals surface area contributed by atoms with E-state index < -0.39 is 28.5 Å². The number of carbonyl (C=O) groups is 2. The summed E-state index contributed by atoms with van der Waals surface area (Å²) in [5.74, 6) is -2.45. The fraction of sp³-hybridized carbons (Fsp3) is 0.150. The predicted octanol–water partition coefficient (Wildman–Crippen LogP) is 3.44. The van der Waals surface area contributed by atoms with Crippen molar-refractivity contribution in [1.29, 1.82) is 5.26 Å². The molecule has 2 aromatic rings. The largest absolute Gasteiger partial charge is 0.320 e. The molecule has 1 heterocycles. The second kappa shape index (κ2) is 9.19. The van der Waals surface area contributed by atoms with E-state index in [9.17, 15) is 29.4 Å². The Labute approximate surface area is 174 Å². The number of halogens is 1. The minimum atomic E-state index is -0.759. The number of nitro groups is 1. The molecule has 8 nitrogen and oxygen atoms in total. The molecule has 152 valence electrons. The summed E-state index contributed by atoms with van der Waals surface area (Å²) in [7, 11) is 0. The van der Waals surface area contributed by atoms with Crippen molar-refractivity contribution in [1.82, 2.24) is 5.32 Å². The molecule has 2 N–H and O–H groups in total. The summed E-state index contributed by atoms with van der Waals surface area (Å²) in [6, 6.07) is 13.6. The number of thioether (sulfide) groups is 1. The predicted molar refractivity (Wildman–Crippen MR) is 109 cm³/mol. The van der Waals surface area contributed by atoms with Crippen LogP contribution in [0.2, 0.25) is 0 Å². The molecular formula is C20H15FN4O4S. The van der Waals surface area contributed by atoms with E-state index in [1.165, 1.54) is 36.4 Å². The summed E-state index contributed by atoms with van der Waals surface area (Å²) in [6.07, 6.45) is -0.0870. The number of nitriles is 1. The molecule has 0 saturated carbocycles. The summed E-state index contributed by atoms with van der Waals surface area (Å²) >= 11 is 0.901. The summed E-state index contributed by atoms with van der Waals surface area (Å²) < 4.78 is 14.2. The van der Waals surface area contributed by atoms with Gasteiger partial charge in [-0.15, -0.1) is 0 Å². The molecule has 10 heteroatoms. The van der Waals surface area contributed by atoms with Crippen LogP contribution in [0.4, 0.5) is 15.8 Å².